The van der Waals surface area contributed by atoms with Crippen LogP contribution in [0.3, 0.4) is 0 Å². The van der Waals surface area contributed by atoms with E-state index in [0.717, 1.165) is 50.7 Å². The number of aliphatic imine (C=N–C) groups is 1. The summed E-state index contributed by atoms with van der Waals surface area (Å²) in [6.07, 6.45) is -0.214. The van der Waals surface area contributed by atoms with Crippen molar-refractivity contribution in [2.45, 2.75) is 25.4 Å². The van der Waals surface area contributed by atoms with E-state index in [0.29, 0.717) is 0 Å². The molecule has 1 atom stereocenters. The van der Waals surface area contributed by atoms with Gasteiger partial charge >= 0.3 is 0 Å². The molecule has 0 fully saturated rings. The first-order valence-corrected chi connectivity index (χ1v) is 14.5. The molecule has 2 heterocycles. The normalized spacial score (nSPS) is 16.3. The molecule has 1 unspecified atom stereocenters. The molecule has 2 aliphatic heterocycles. The van der Waals surface area contributed by atoms with Crippen LogP contribution >= 0.6 is 0 Å². The lowest BCUT2D eigenvalue weighted by atomic mass is 9.75. The summed E-state index contributed by atoms with van der Waals surface area (Å²) in [4.78, 5) is 5.34. The Morgan fingerprint density at radius 1 is 0.619 bits per heavy atom. The molecule has 202 valence electrons. The molecule has 0 saturated carbocycles. The average Bonchev–Trinajstić information content (AvgIpc) is 3.04. The molecule has 2 aliphatic rings. The number of nitrogens with zero attached hydrogens (tertiary/aromatic N) is 1. The fraction of sp³-hybridized carbons (Fsp3) is 0.103. The van der Waals surface area contributed by atoms with Gasteiger partial charge < -0.3 is 10.1 Å². The Hall–Kier alpha value is -5.15. The Morgan fingerprint density at radius 2 is 1.33 bits per heavy atom. The van der Waals surface area contributed by atoms with E-state index in [1.54, 1.807) is 0 Å². The number of hydrogen-bond donors (Lipinski definition) is 1. The third kappa shape index (κ3) is 3.93. The monoisotopic (exact) mass is 542 g/mol. The number of para-hydroxylation sites is 2. The van der Waals surface area contributed by atoms with Gasteiger partial charge in [0.1, 0.15) is 17.7 Å². The number of rotatable bonds is 3. The van der Waals surface area contributed by atoms with Gasteiger partial charge in [-0.25, -0.2) is 0 Å². The van der Waals surface area contributed by atoms with Gasteiger partial charge in [-0.05, 0) is 51.7 Å². The molecule has 0 radical (unpaired) electrons. The van der Waals surface area contributed by atoms with Crippen LogP contribution in [0.25, 0.3) is 21.9 Å². The van der Waals surface area contributed by atoms with E-state index in [2.05, 4.69) is 147 Å². The molecular formula is C39H30N2O. The predicted octanol–water partition coefficient (Wildman–Crippen LogP) is 9.90. The summed E-state index contributed by atoms with van der Waals surface area (Å²) in [7, 11) is 0. The van der Waals surface area contributed by atoms with E-state index in [1.807, 2.05) is 6.07 Å². The lowest BCUT2D eigenvalue weighted by molar-refractivity contribution is 0.418. The Balaban J connectivity index is 1.20. The van der Waals surface area contributed by atoms with Gasteiger partial charge in [-0.15, -0.1) is 0 Å². The molecule has 0 aromatic heterocycles. The third-order valence-electron chi connectivity index (χ3n) is 8.75. The summed E-state index contributed by atoms with van der Waals surface area (Å²) >= 11 is 0. The van der Waals surface area contributed by atoms with Crippen molar-refractivity contribution >= 4 is 22.2 Å². The van der Waals surface area contributed by atoms with Gasteiger partial charge in [0.15, 0.2) is 0 Å². The van der Waals surface area contributed by atoms with Gasteiger partial charge in [0.25, 0.3) is 0 Å². The summed E-state index contributed by atoms with van der Waals surface area (Å²) in [5, 5.41) is 6.12. The number of hydrogen-bond acceptors (Lipinski definition) is 3. The third-order valence-corrected chi connectivity index (χ3v) is 8.75. The zero-order chi connectivity index (χ0) is 28.3. The zero-order valence-corrected chi connectivity index (χ0v) is 23.6. The minimum atomic E-state index is -0.214. The predicted molar refractivity (Wildman–Crippen MR) is 173 cm³/mol. The van der Waals surface area contributed by atoms with Crippen molar-refractivity contribution in [1.82, 2.24) is 0 Å². The first-order chi connectivity index (χ1) is 20.6. The van der Waals surface area contributed by atoms with E-state index < -0.39 is 0 Å². The van der Waals surface area contributed by atoms with Crippen molar-refractivity contribution in [3.8, 4) is 22.6 Å². The van der Waals surface area contributed by atoms with Crippen molar-refractivity contribution in [1.29, 1.82) is 0 Å². The molecule has 1 N–H and O–H groups in total. The lowest BCUT2D eigenvalue weighted by Crippen LogP contribution is -2.24. The smallest absolute Gasteiger partial charge is 0.145 e. The fourth-order valence-corrected chi connectivity index (χ4v) is 6.52. The topological polar surface area (TPSA) is 33.6 Å². The van der Waals surface area contributed by atoms with Crippen molar-refractivity contribution in [2.24, 2.45) is 4.99 Å². The maximum atomic E-state index is 6.42. The highest BCUT2D eigenvalue weighted by molar-refractivity contribution is 6.22. The number of nitrogens with one attached hydrogen (secondary N) is 1. The molecule has 0 saturated heterocycles. The van der Waals surface area contributed by atoms with Crippen LogP contribution < -0.4 is 10.1 Å². The largest absolute Gasteiger partial charge is 0.457 e. The van der Waals surface area contributed by atoms with Gasteiger partial charge in [-0.1, -0.05) is 123 Å². The number of benzene rings is 6. The highest BCUT2D eigenvalue weighted by atomic mass is 16.5. The molecule has 6 aromatic carbocycles. The van der Waals surface area contributed by atoms with E-state index in [1.165, 1.54) is 21.9 Å². The van der Waals surface area contributed by atoms with Gasteiger partial charge in [-0.3, -0.25) is 4.99 Å². The quantitative estimate of drug-likeness (QED) is 0.241. The van der Waals surface area contributed by atoms with Crippen molar-refractivity contribution < 1.29 is 4.74 Å². The molecule has 3 nitrogen and oxygen atoms in total. The van der Waals surface area contributed by atoms with E-state index in [4.69, 9.17) is 9.73 Å². The van der Waals surface area contributed by atoms with Gasteiger partial charge in [0, 0.05) is 33.4 Å². The van der Waals surface area contributed by atoms with Crippen LogP contribution in [0.4, 0.5) is 5.69 Å². The number of ether oxygens (including phenoxy) is 1. The Kier molecular flexibility index (Phi) is 5.55. The molecule has 0 bridgehead atoms. The second-order valence-electron chi connectivity index (χ2n) is 11.7. The second-order valence-corrected chi connectivity index (χ2v) is 11.7. The van der Waals surface area contributed by atoms with E-state index in [-0.39, 0.29) is 11.6 Å². The Morgan fingerprint density at radius 3 is 2.29 bits per heavy atom. The molecular weight excluding hydrogens is 512 g/mol. The van der Waals surface area contributed by atoms with Gasteiger partial charge in [-0.2, -0.15) is 0 Å². The van der Waals surface area contributed by atoms with E-state index in [9.17, 15) is 0 Å². The number of fused-ring (bicyclic) bond motifs is 4. The van der Waals surface area contributed by atoms with Gasteiger partial charge in [0.2, 0.25) is 0 Å². The minimum absolute atomic E-state index is 0.128. The van der Waals surface area contributed by atoms with Crippen LogP contribution in [0.1, 0.15) is 47.8 Å². The maximum Gasteiger partial charge on any atom is 0.145 e. The Labute approximate surface area is 246 Å². The molecule has 0 spiro atoms. The summed E-state index contributed by atoms with van der Waals surface area (Å²) in [6.45, 7) is 4.54. The first-order valence-electron chi connectivity index (χ1n) is 14.5. The van der Waals surface area contributed by atoms with Gasteiger partial charge in [0.05, 0.1) is 5.71 Å². The van der Waals surface area contributed by atoms with Crippen LogP contribution in [0.15, 0.2) is 138 Å². The van der Waals surface area contributed by atoms with Crippen molar-refractivity contribution in [3.05, 3.63) is 161 Å². The molecule has 6 aromatic rings. The summed E-state index contributed by atoms with van der Waals surface area (Å²) in [6, 6.07) is 47.1. The average molecular weight is 543 g/mol. The SMILES string of the molecule is CC1(C)c2ccccc2Oc2cc(-c3cccc(C4N=C(c5cccc6ccccc56)c5ccccc5N4)c3)ccc21. The van der Waals surface area contributed by atoms with Crippen LogP contribution in [0.5, 0.6) is 11.5 Å². The highest BCUT2D eigenvalue weighted by Gasteiger charge is 2.34. The van der Waals surface area contributed by atoms with Crippen LogP contribution in [0.2, 0.25) is 0 Å². The highest BCUT2D eigenvalue weighted by Crippen LogP contribution is 2.48. The molecule has 8 rings (SSSR count). The van der Waals surface area contributed by atoms with Crippen molar-refractivity contribution in [3.63, 3.8) is 0 Å². The van der Waals surface area contributed by atoms with Crippen LogP contribution in [0, 0.1) is 0 Å². The lowest BCUT2D eigenvalue weighted by Gasteiger charge is -2.34. The second kappa shape index (κ2) is 9.46. The Bertz CT molecular complexity index is 2030. The fourth-order valence-electron chi connectivity index (χ4n) is 6.52. The zero-order valence-electron chi connectivity index (χ0n) is 23.6. The summed E-state index contributed by atoms with van der Waals surface area (Å²) in [5.41, 5.74) is 10.0. The maximum absolute atomic E-state index is 6.42. The molecule has 42 heavy (non-hydrogen) atoms. The summed E-state index contributed by atoms with van der Waals surface area (Å²) in [5.74, 6) is 1.85. The van der Waals surface area contributed by atoms with Crippen molar-refractivity contribution in [2.75, 3.05) is 5.32 Å². The molecule has 0 aliphatic carbocycles. The van der Waals surface area contributed by atoms with E-state index >= 15 is 0 Å². The van der Waals surface area contributed by atoms with Crippen LogP contribution in [-0.4, -0.2) is 5.71 Å². The molecule has 3 heteroatoms. The van der Waals surface area contributed by atoms with Crippen LogP contribution in [-0.2, 0) is 5.41 Å². The minimum Gasteiger partial charge on any atom is -0.457 e. The standard InChI is InChI=1S/C39H30N2O/c1-39(2)32-18-6-8-20-35(32)42-36-24-27(21-22-33(36)39)26-13-9-14-28(23-26)38-40-34-19-7-5-16-31(34)37(41-38)30-17-10-12-25-11-3-4-15-29(25)30/h3-24,38,40H,1-2H3. The molecule has 0 amide bonds. The number of anilines is 1. The first kappa shape index (κ1) is 24.6. The summed E-state index contributed by atoms with van der Waals surface area (Å²) < 4.78 is 6.42.